The number of ether oxygens (including phenoxy) is 2. The number of hydrogen-bond acceptors (Lipinski definition) is 7. The lowest BCUT2D eigenvalue weighted by molar-refractivity contribution is -0.146. The minimum absolute atomic E-state index is 0.0884. The van der Waals surface area contributed by atoms with E-state index in [0.717, 1.165) is 16.7 Å². The van der Waals surface area contributed by atoms with Crippen LogP contribution >= 0.6 is 0 Å². The van der Waals surface area contributed by atoms with Gasteiger partial charge in [-0.05, 0) is 62.8 Å². The number of fused-ring (bicyclic) bond motifs is 1. The lowest BCUT2D eigenvalue weighted by Crippen LogP contribution is -2.58. The molecule has 2 bridgehead atoms. The van der Waals surface area contributed by atoms with Crippen molar-refractivity contribution in [2.24, 2.45) is 11.8 Å². The Bertz CT molecular complexity index is 1530. The maximum atomic E-state index is 14.7. The topological polar surface area (TPSA) is 125 Å². The van der Waals surface area contributed by atoms with Gasteiger partial charge in [0.05, 0.1) is 36.6 Å². The third-order valence-electron chi connectivity index (χ3n) is 9.73. The molecule has 0 saturated carbocycles. The number of aliphatic hydroxyl groups excluding tert-OH is 1. The summed E-state index contributed by atoms with van der Waals surface area (Å²) >= 11 is 0. The number of allylic oxidation sites excluding steroid dienone is 1. The van der Waals surface area contributed by atoms with E-state index in [0.29, 0.717) is 24.9 Å². The summed E-state index contributed by atoms with van der Waals surface area (Å²) in [5.74, 6) is -3.35. The number of esters is 1. The third-order valence-corrected chi connectivity index (χ3v) is 9.73. The summed E-state index contributed by atoms with van der Waals surface area (Å²) in [6, 6.07) is 12.6. The van der Waals surface area contributed by atoms with E-state index in [4.69, 9.17) is 9.47 Å². The standard InChI is InChI=1S/C37H45N3O7/c1-6-8-14-30(42)46-22-27(26-12-10-9-11-13-26)38-34(43)31-29-17-18-37(47-29)32(31)35(44)40(25(5)21-41)33(37)36(45)39(19-7-2)28-20-23(3)15-16-24(28)4/h6-7,9-13,15-16,20,25,27,29,31-33,41H,1-2,8,14,17-19,21-22H2,3-5H3,(H,38,43)/t25-,27+,29+,31-,32-,33+,37-/m1/s1. The van der Waals surface area contributed by atoms with E-state index in [1.54, 1.807) is 24.0 Å². The fourth-order valence-corrected chi connectivity index (χ4v) is 7.47. The Labute approximate surface area is 276 Å². The molecule has 7 atom stereocenters. The second-order valence-corrected chi connectivity index (χ2v) is 12.8. The smallest absolute Gasteiger partial charge is 0.306 e. The monoisotopic (exact) mass is 643 g/mol. The molecule has 0 aliphatic carbocycles. The highest BCUT2D eigenvalue weighted by Crippen LogP contribution is 2.59. The van der Waals surface area contributed by atoms with Gasteiger partial charge in [-0.3, -0.25) is 19.2 Å². The molecule has 0 aromatic heterocycles. The highest BCUT2D eigenvalue weighted by Gasteiger charge is 2.75. The van der Waals surface area contributed by atoms with Gasteiger partial charge < -0.3 is 29.7 Å². The van der Waals surface area contributed by atoms with Crippen LogP contribution in [0, 0.1) is 25.7 Å². The van der Waals surface area contributed by atoms with Gasteiger partial charge in [-0.15, -0.1) is 13.2 Å². The van der Waals surface area contributed by atoms with E-state index in [9.17, 15) is 24.3 Å². The summed E-state index contributed by atoms with van der Waals surface area (Å²) in [5, 5.41) is 13.3. The Balaban J connectivity index is 1.48. The molecule has 0 radical (unpaired) electrons. The Morgan fingerprint density at radius 3 is 2.60 bits per heavy atom. The number of aliphatic hydroxyl groups is 1. The van der Waals surface area contributed by atoms with Crippen molar-refractivity contribution in [3.63, 3.8) is 0 Å². The van der Waals surface area contributed by atoms with Crippen molar-refractivity contribution in [1.29, 1.82) is 0 Å². The second kappa shape index (κ2) is 14.2. The first-order valence-corrected chi connectivity index (χ1v) is 16.3. The lowest BCUT2D eigenvalue weighted by atomic mass is 9.70. The number of aryl methyl sites for hydroxylation is 2. The van der Waals surface area contributed by atoms with E-state index < -0.39 is 53.5 Å². The van der Waals surface area contributed by atoms with E-state index in [-0.39, 0.29) is 38.0 Å². The average molecular weight is 644 g/mol. The summed E-state index contributed by atoms with van der Waals surface area (Å²) in [4.78, 5) is 58.7. The van der Waals surface area contributed by atoms with Gasteiger partial charge in [0.15, 0.2) is 0 Å². The van der Waals surface area contributed by atoms with Crippen LogP contribution in [-0.2, 0) is 28.7 Å². The molecule has 3 aliphatic rings. The molecule has 2 aromatic rings. The van der Waals surface area contributed by atoms with E-state index in [2.05, 4.69) is 18.5 Å². The van der Waals surface area contributed by atoms with Crippen LogP contribution in [0.15, 0.2) is 73.8 Å². The van der Waals surface area contributed by atoms with Crippen LogP contribution in [0.3, 0.4) is 0 Å². The summed E-state index contributed by atoms with van der Waals surface area (Å²) in [6.45, 7) is 12.8. The van der Waals surface area contributed by atoms with Crippen molar-refractivity contribution in [2.45, 2.75) is 76.3 Å². The van der Waals surface area contributed by atoms with Crippen LogP contribution in [0.1, 0.15) is 55.3 Å². The Morgan fingerprint density at radius 1 is 1.17 bits per heavy atom. The maximum absolute atomic E-state index is 14.7. The minimum Gasteiger partial charge on any atom is -0.463 e. The number of hydrogen-bond donors (Lipinski definition) is 2. The molecule has 10 heteroatoms. The van der Waals surface area contributed by atoms with Crippen LogP contribution in [0.25, 0.3) is 0 Å². The number of benzene rings is 2. The number of likely N-dealkylation sites (tertiary alicyclic amines) is 1. The number of anilines is 1. The molecular weight excluding hydrogens is 598 g/mol. The average Bonchev–Trinajstić information content (AvgIpc) is 3.72. The molecule has 3 saturated heterocycles. The van der Waals surface area contributed by atoms with Crippen LogP contribution in [0.4, 0.5) is 5.69 Å². The van der Waals surface area contributed by atoms with Crippen molar-refractivity contribution in [3.05, 3.63) is 90.5 Å². The first-order valence-electron chi connectivity index (χ1n) is 16.3. The summed E-state index contributed by atoms with van der Waals surface area (Å²) in [5.41, 5.74) is 2.05. The van der Waals surface area contributed by atoms with Crippen LogP contribution in [0.5, 0.6) is 0 Å². The molecule has 5 rings (SSSR count). The molecule has 3 fully saturated rings. The molecular formula is C37H45N3O7. The van der Waals surface area contributed by atoms with Crippen LogP contribution < -0.4 is 10.2 Å². The van der Waals surface area contributed by atoms with E-state index >= 15 is 0 Å². The number of rotatable bonds is 14. The van der Waals surface area contributed by atoms with Crippen molar-refractivity contribution < 1.29 is 33.8 Å². The Morgan fingerprint density at radius 2 is 1.91 bits per heavy atom. The first-order chi connectivity index (χ1) is 22.6. The predicted molar refractivity (Wildman–Crippen MR) is 177 cm³/mol. The van der Waals surface area contributed by atoms with Gasteiger partial charge in [0.25, 0.3) is 5.91 Å². The van der Waals surface area contributed by atoms with Gasteiger partial charge in [0.2, 0.25) is 11.8 Å². The fraction of sp³-hybridized carbons (Fsp3) is 0.459. The Kier molecular flexibility index (Phi) is 10.3. The SMILES string of the molecule is C=CCCC(=O)OC[C@H](NC(=O)[C@@H]1[C@@H]2CC[C@]3(O2)[C@H](C(=O)N(CC=C)c2cc(C)ccc2C)N([C@H](C)CO)C(=O)[C@@H]13)c1ccccc1. The molecule has 3 aliphatic heterocycles. The zero-order valence-electron chi connectivity index (χ0n) is 27.4. The van der Waals surface area contributed by atoms with Crippen molar-refractivity contribution in [1.82, 2.24) is 10.2 Å². The van der Waals surface area contributed by atoms with Gasteiger partial charge in [0.1, 0.15) is 18.2 Å². The van der Waals surface area contributed by atoms with Gasteiger partial charge in [-0.2, -0.15) is 0 Å². The normalized spacial score (nSPS) is 25.5. The first kappa shape index (κ1) is 34.1. The second-order valence-electron chi connectivity index (χ2n) is 12.8. The molecule has 250 valence electrons. The molecule has 0 unspecified atom stereocenters. The van der Waals surface area contributed by atoms with Gasteiger partial charge >= 0.3 is 5.97 Å². The predicted octanol–water partition coefficient (Wildman–Crippen LogP) is 3.94. The molecule has 3 heterocycles. The fourth-order valence-electron chi connectivity index (χ4n) is 7.47. The summed E-state index contributed by atoms with van der Waals surface area (Å²) < 4.78 is 12.1. The van der Waals surface area contributed by atoms with Gasteiger partial charge in [-0.25, -0.2) is 0 Å². The number of carbonyl (C=O) groups excluding carboxylic acids is 4. The molecule has 1 spiro atoms. The van der Waals surface area contributed by atoms with Crippen molar-refractivity contribution in [3.8, 4) is 0 Å². The van der Waals surface area contributed by atoms with Gasteiger partial charge in [-0.1, -0.05) is 54.6 Å². The van der Waals surface area contributed by atoms with Crippen molar-refractivity contribution in [2.75, 3.05) is 24.7 Å². The summed E-state index contributed by atoms with van der Waals surface area (Å²) in [7, 11) is 0. The molecule has 47 heavy (non-hydrogen) atoms. The highest BCUT2D eigenvalue weighted by atomic mass is 16.5. The quantitative estimate of drug-likeness (QED) is 0.236. The largest absolute Gasteiger partial charge is 0.463 e. The number of carbonyl (C=O) groups is 4. The highest BCUT2D eigenvalue weighted by molar-refractivity contribution is 6.05. The zero-order valence-corrected chi connectivity index (χ0v) is 27.4. The summed E-state index contributed by atoms with van der Waals surface area (Å²) in [6.07, 6.45) is 4.26. The molecule has 2 N–H and O–H groups in total. The van der Waals surface area contributed by atoms with E-state index in [1.807, 2.05) is 62.4 Å². The van der Waals surface area contributed by atoms with E-state index in [1.165, 1.54) is 4.90 Å². The van der Waals surface area contributed by atoms with Crippen LogP contribution in [-0.4, -0.2) is 77.2 Å². The molecule has 10 nitrogen and oxygen atoms in total. The molecule has 2 aromatic carbocycles. The number of nitrogens with one attached hydrogen (secondary N) is 1. The third kappa shape index (κ3) is 6.36. The zero-order chi connectivity index (χ0) is 33.9. The maximum Gasteiger partial charge on any atom is 0.306 e. The van der Waals surface area contributed by atoms with Crippen LogP contribution in [0.2, 0.25) is 0 Å². The molecule has 3 amide bonds. The van der Waals surface area contributed by atoms with Gasteiger partial charge in [0, 0.05) is 18.7 Å². The Hall–Kier alpha value is -4.28. The number of nitrogens with zero attached hydrogens (tertiary/aromatic N) is 2. The minimum atomic E-state index is -1.25. The van der Waals surface area contributed by atoms with Crippen molar-refractivity contribution >= 4 is 29.4 Å². The number of amides is 3. The lowest BCUT2D eigenvalue weighted by Gasteiger charge is -2.38.